The summed E-state index contributed by atoms with van der Waals surface area (Å²) in [7, 11) is 0. The molecule has 0 atom stereocenters. The van der Waals surface area contributed by atoms with Gasteiger partial charge in [0.15, 0.2) is 10.8 Å². The smallest absolute Gasteiger partial charge is 0.234 e. The zero-order chi connectivity index (χ0) is 14.1. The van der Waals surface area contributed by atoms with E-state index in [1.807, 2.05) is 13.8 Å². The molecule has 0 unspecified atom stereocenters. The quantitative estimate of drug-likeness (QED) is 0.741. The molecule has 0 bridgehead atoms. The van der Waals surface area contributed by atoms with E-state index in [0.29, 0.717) is 12.4 Å². The molecule has 0 saturated heterocycles. The lowest BCUT2D eigenvalue weighted by Gasteiger charge is -2.03. The molecule has 3 rings (SSSR count). The van der Waals surface area contributed by atoms with Crippen LogP contribution in [0.4, 0.5) is 4.39 Å². The van der Waals surface area contributed by atoms with Crippen molar-refractivity contribution >= 4 is 16.3 Å². The fraction of sp³-hybridized carbons (Fsp3) is 0.308. The van der Waals surface area contributed by atoms with Crippen LogP contribution in [0.1, 0.15) is 30.6 Å². The Morgan fingerprint density at radius 1 is 1.25 bits per heavy atom. The molecule has 104 valence electrons. The van der Waals surface area contributed by atoms with Crippen molar-refractivity contribution in [3.05, 3.63) is 40.9 Å². The van der Waals surface area contributed by atoms with Gasteiger partial charge in [0.1, 0.15) is 18.2 Å². The van der Waals surface area contributed by atoms with Gasteiger partial charge in [0.05, 0.1) is 0 Å². The average molecular weight is 292 g/mol. The van der Waals surface area contributed by atoms with Crippen molar-refractivity contribution in [2.24, 2.45) is 0 Å². The molecule has 0 fully saturated rings. The first-order chi connectivity index (χ1) is 9.63. The van der Waals surface area contributed by atoms with Gasteiger partial charge in [-0.05, 0) is 24.3 Å². The maximum absolute atomic E-state index is 12.8. The Morgan fingerprint density at radius 2 is 2.00 bits per heavy atom. The summed E-state index contributed by atoms with van der Waals surface area (Å²) in [4.78, 5) is 0.756. The zero-order valence-corrected chi connectivity index (χ0v) is 11.9. The number of nitrogens with zero attached hydrogens (tertiary/aromatic N) is 4. The predicted molar refractivity (Wildman–Crippen MR) is 73.5 cm³/mol. The lowest BCUT2D eigenvalue weighted by Crippen LogP contribution is -2.00. The van der Waals surface area contributed by atoms with Gasteiger partial charge in [-0.3, -0.25) is 0 Å². The molecule has 3 aromatic rings. The summed E-state index contributed by atoms with van der Waals surface area (Å²) in [6, 6.07) is 5.92. The summed E-state index contributed by atoms with van der Waals surface area (Å²) in [6.07, 6.45) is 0. The Balaban J connectivity index is 1.76. The van der Waals surface area contributed by atoms with Crippen molar-refractivity contribution in [2.75, 3.05) is 0 Å². The van der Waals surface area contributed by atoms with Crippen molar-refractivity contribution in [2.45, 2.75) is 26.4 Å². The molecule has 0 aliphatic rings. The standard InChI is InChI=1S/C13H13FN4OS/c1-8(2)12-15-16-13-18(12)17-11(20-13)7-19-10-5-3-9(14)4-6-10/h3-6,8H,7H2,1-2H3. The van der Waals surface area contributed by atoms with Crippen molar-refractivity contribution in [1.82, 2.24) is 19.8 Å². The summed E-state index contributed by atoms with van der Waals surface area (Å²) >= 11 is 1.44. The molecule has 1 aromatic carbocycles. The van der Waals surface area contributed by atoms with E-state index in [2.05, 4.69) is 15.3 Å². The van der Waals surface area contributed by atoms with E-state index in [1.165, 1.54) is 23.5 Å². The van der Waals surface area contributed by atoms with E-state index in [0.717, 1.165) is 15.8 Å². The van der Waals surface area contributed by atoms with Gasteiger partial charge in [-0.2, -0.15) is 9.61 Å². The van der Waals surface area contributed by atoms with E-state index in [1.54, 1.807) is 16.6 Å². The highest BCUT2D eigenvalue weighted by molar-refractivity contribution is 7.16. The summed E-state index contributed by atoms with van der Waals surface area (Å²) < 4.78 is 20.1. The molecular formula is C13H13FN4OS. The fourth-order valence-electron chi connectivity index (χ4n) is 1.77. The third-order valence-electron chi connectivity index (χ3n) is 2.75. The monoisotopic (exact) mass is 292 g/mol. The molecule has 2 aromatic heterocycles. The Labute approximate surface area is 119 Å². The van der Waals surface area contributed by atoms with Crippen LogP contribution in [-0.2, 0) is 6.61 Å². The average Bonchev–Trinajstić information content (AvgIpc) is 2.97. The second-order valence-corrected chi connectivity index (χ2v) is 5.69. The van der Waals surface area contributed by atoms with Crippen LogP contribution < -0.4 is 4.74 Å². The number of benzene rings is 1. The highest BCUT2D eigenvalue weighted by atomic mass is 32.1. The molecule has 2 heterocycles. The molecule has 0 aliphatic carbocycles. The van der Waals surface area contributed by atoms with Crippen molar-refractivity contribution in [1.29, 1.82) is 0 Å². The van der Waals surface area contributed by atoms with Gasteiger partial charge >= 0.3 is 0 Å². The minimum atomic E-state index is -0.280. The van der Waals surface area contributed by atoms with Crippen molar-refractivity contribution in [3.8, 4) is 5.75 Å². The van der Waals surface area contributed by atoms with E-state index >= 15 is 0 Å². The van der Waals surface area contributed by atoms with Gasteiger partial charge in [0, 0.05) is 5.92 Å². The van der Waals surface area contributed by atoms with Gasteiger partial charge in [-0.15, -0.1) is 10.2 Å². The van der Waals surface area contributed by atoms with Gasteiger partial charge in [-0.1, -0.05) is 25.2 Å². The van der Waals surface area contributed by atoms with Gasteiger partial charge in [-0.25, -0.2) is 4.39 Å². The van der Waals surface area contributed by atoms with E-state index < -0.39 is 0 Å². The van der Waals surface area contributed by atoms with Crippen LogP contribution >= 0.6 is 11.3 Å². The van der Waals surface area contributed by atoms with Crippen molar-refractivity contribution in [3.63, 3.8) is 0 Å². The molecule has 20 heavy (non-hydrogen) atoms. The van der Waals surface area contributed by atoms with E-state index in [9.17, 15) is 4.39 Å². The molecular weight excluding hydrogens is 279 g/mol. The maximum atomic E-state index is 12.8. The number of hydrogen-bond acceptors (Lipinski definition) is 5. The van der Waals surface area contributed by atoms with E-state index in [-0.39, 0.29) is 11.7 Å². The van der Waals surface area contributed by atoms with Crippen LogP contribution in [0.25, 0.3) is 4.96 Å². The van der Waals surface area contributed by atoms with Crippen LogP contribution in [-0.4, -0.2) is 19.8 Å². The number of hydrogen-bond donors (Lipinski definition) is 0. The summed E-state index contributed by atoms with van der Waals surface area (Å²) in [5, 5.41) is 13.4. The third kappa shape index (κ3) is 2.49. The normalized spacial score (nSPS) is 11.4. The lowest BCUT2D eigenvalue weighted by atomic mass is 10.2. The van der Waals surface area contributed by atoms with Gasteiger partial charge < -0.3 is 4.74 Å². The van der Waals surface area contributed by atoms with Gasteiger partial charge in [0.25, 0.3) is 0 Å². The fourth-order valence-corrected chi connectivity index (χ4v) is 2.52. The largest absolute Gasteiger partial charge is 0.486 e. The maximum Gasteiger partial charge on any atom is 0.234 e. The number of rotatable bonds is 4. The number of halogens is 1. The molecule has 5 nitrogen and oxygen atoms in total. The minimum absolute atomic E-state index is 0.262. The Kier molecular flexibility index (Phi) is 3.35. The second-order valence-electron chi connectivity index (χ2n) is 4.65. The Morgan fingerprint density at radius 3 is 2.70 bits per heavy atom. The molecule has 0 saturated carbocycles. The second kappa shape index (κ2) is 5.16. The third-order valence-corrected chi connectivity index (χ3v) is 3.62. The Bertz CT molecular complexity index is 720. The molecule has 0 radical (unpaired) electrons. The van der Waals surface area contributed by atoms with Gasteiger partial charge in [0.2, 0.25) is 4.96 Å². The molecule has 0 spiro atoms. The molecule has 7 heteroatoms. The van der Waals surface area contributed by atoms with E-state index in [4.69, 9.17) is 4.74 Å². The predicted octanol–water partition coefficient (Wildman–Crippen LogP) is 3.03. The van der Waals surface area contributed by atoms with Crippen LogP contribution in [0.2, 0.25) is 0 Å². The summed E-state index contributed by atoms with van der Waals surface area (Å²) in [6.45, 7) is 4.42. The first-order valence-corrected chi connectivity index (χ1v) is 7.04. The highest BCUT2D eigenvalue weighted by Crippen LogP contribution is 2.20. The van der Waals surface area contributed by atoms with Crippen molar-refractivity contribution < 1.29 is 9.13 Å². The van der Waals surface area contributed by atoms with Crippen LogP contribution in [0, 0.1) is 5.82 Å². The molecule has 0 aliphatic heterocycles. The van der Waals surface area contributed by atoms with Crippen LogP contribution in [0.5, 0.6) is 5.75 Å². The number of ether oxygens (including phenoxy) is 1. The molecule has 0 N–H and O–H groups in total. The summed E-state index contributed by atoms with van der Waals surface area (Å²) in [5.74, 6) is 1.43. The topological polar surface area (TPSA) is 52.3 Å². The first kappa shape index (κ1) is 13.0. The van der Waals surface area contributed by atoms with Crippen LogP contribution in [0.15, 0.2) is 24.3 Å². The zero-order valence-electron chi connectivity index (χ0n) is 11.1. The molecule has 0 amide bonds. The number of fused-ring (bicyclic) bond motifs is 1. The SMILES string of the molecule is CC(C)c1nnc2sc(COc3ccc(F)cc3)nn12. The van der Waals surface area contributed by atoms with Crippen LogP contribution in [0.3, 0.4) is 0 Å². The Hall–Kier alpha value is -2.02. The summed E-state index contributed by atoms with van der Waals surface area (Å²) in [5.41, 5.74) is 0. The minimum Gasteiger partial charge on any atom is -0.486 e. The highest BCUT2D eigenvalue weighted by Gasteiger charge is 2.14. The lowest BCUT2D eigenvalue weighted by molar-refractivity contribution is 0.303. The first-order valence-electron chi connectivity index (χ1n) is 6.23. The number of aromatic nitrogens is 4.